The van der Waals surface area contributed by atoms with Gasteiger partial charge in [-0.15, -0.1) is 0 Å². The van der Waals surface area contributed by atoms with E-state index in [4.69, 9.17) is 19.3 Å². The van der Waals surface area contributed by atoms with E-state index in [1.54, 1.807) is 13.8 Å². The second-order valence-electron chi connectivity index (χ2n) is 4.04. The maximum Gasteiger partial charge on any atom is 0.350 e. The van der Waals surface area contributed by atoms with Crippen LogP contribution in [0.3, 0.4) is 0 Å². The SMILES string of the molecule is CCOC(=O)C1COc2ccc(C(=O)O)c(C)c2O1. The minimum absolute atomic E-state index is 0.0533. The summed E-state index contributed by atoms with van der Waals surface area (Å²) in [5.41, 5.74) is 0.547. The molecule has 6 heteroatoms. The number of carbonyl (C=O) groups excluding carboxylic acids is 1. The van der Waals surface area contributed by atoms with Crippen molar-refractivity contribution in [1.29, 1.82) is 0 Å². The molecule has 1 atom stereocenters. The van der Waals surface area contributed by atoms with Crippen LogP contribution in [0.4, 0.5) is 0 Å². The van der Waals surface area contributed by atoms with Gasteiger partial charge in [-0.2, -0.15) is 0 Å². The molecule has 0 aromatic heterocycles. The highest BCUT2D eigenvalue weighted by molar-refractivity contribution is 5.90. The van der Waals surface area contributed by atoms with Gasteiger partial charge in [0.1, 0.15) is 6.61 Å². The second-order valence-corrected chi connectivity index (χ2v) is 4.04. The standard InChI is InChI=1S/C13H14O6/c1-3-17-13(16)10-6-18-9-5-4-8(12(14)15)7(2)11(9)19-10/h4-5,10H,3,6H2,1-2H3,(H,14,15). The molecule has 0 amide bonds. The third-order valence-corrected chi connectivity index (χ3v) is 2.80. The van der Waals surface area contributed by atoms with Crippen molar-refractivity contribution in [2.24, 2.45) is 0 Å². The summed E-state index contributed by atoms with van der Waals surface area (Å²) in [6.45, 7) is 3.61. The fourth-order valence-electron chi connectivity index (χ4n) is 1.85. The molecule has 0 bridgehead atoms. The van der Waals surface area contributed by atoms with Crippen LogP contribution >= 0.6 is 0 Å². The van der Waals surface area contributed by atoms with Crippen molar-refractivity contribution < 1.29 is 28.9 Å². The molecule has 1 aliphatic heterocycles. The summed E-state index contributed by atoms with van der Waals surface area (Å²) in [6.07, 6.45) is -0.866. The van der Waals surface area contributed by atoms with Crippen molar-refractivity contribution in [3.8, 4) is 11.5 Å². The van der Waals surface area contributed by atoms with Crippen molar-refractivity contribution in [3.05, 3.63) is 23.3 Å². The van der Waals surface area contributed by atoms with Crippen LogP contribution in [0.1, 0.15) is 22.8 Å². The van der Waals surface area contributed by atoms with Gasteiger partial charge in [0.15, 0.2) is 11.5 Å². The number of fused-ring (bicyclic) bond motifs is 1. The van der Waals surface area contributed by atoms with Crippen molar-refractivity contribution in [3.63, 3.8) is 0 Å². The molecule has 1 heterocycles. The van der Waals surface area contributed by atoms with Crippen molar-refractivity contribution in [2.75, 3.05) is 13.2 Å². The maximum absolute atomic E-state index is 11.6. The summed E-state index contributed by atoms with van der Waals surface area (Å²) in [5.74, 6) is -0.859. The molecule has 19 heavy (non-hydrogen) atoms. The summed E-state index contributed by atoms with van der Waals surface area (Å²) >= 11 is 0. The van der Waals surface area contributed by atoms with Crippen molar-refractivity contribution in [2.45, 2.75) is 20.0 Å². The number of carboxylic acids is 1. The molecule has 1 aliphatic rings. The van der Waals surface area contributed by atoms with Gasteiger partial charge in [-0.1, -0.05) is 0 Å². The number of ether oxygens (including phenoxy) is 3. The van der Waals surface area contributed by atoms with Gasteiger partial charge in [0.05, 0.1) is 12.2 Å². The van der Waals surface area contributed by atoms with E-state index >= 15 is 0 Å². The van der Waals surface area contributed by atoms with E-state index in [0.717, 1.165) is 0 Å². The highest BCUT2D eigenvalue weighted by atomic mass is 16.6. The predicted molar refractivity (Wildman–Crippen MR) is 64.7 cm³/mol. The lowest BCUT2D eigenvalue weighted by atomic mass is 10.1. The molecular formula is C13H14O6. The number of benzene rings is 1. The molecule has 1 unspecified atom stereocenters. The number of hydrogen-bond donors (Lipinski definition) is 1. The summed E-state index contributed by atoms with van der Waals surface area (Å²) < 4.78 is 15.8. The quantitative estimate of drug-likeness (QED) is 0.833. The molecule has 0 fully saturated rings. The van der Waals surface area contributed by atoms with Crippen LogP contribution < -0.4 is 9.47 Å². The van der Waals surface area contributed by atoms with Crippen molar-refractivity contribution in [1.82, 2.24) is 0 Å². The van der Waals surface area contributed by atoms with Crippen LogP contribution in [0.2, 0.25) is 0 Å². The number of esters is 1. The Morgan fingerprint density at radius 2 is 2.21 bits per heavy atom. The molecular weight excluding hydrogens is 252 g/mol. The number of carboxylic acid groups (broad SMARTS) is 1. The molecule has 2 rings (SSSR count). The van der Waals surface area contributed by atoms with Crippen LogP contribution in [0.5, 0.6) is 11.5 Å². The summed E-state index contributed by atoms with van der Waals surface area (Å²) in [4.78, 5) is 22.6. The zero-order chi connectivity index (χ0) is 14.0. The zero-order valence-electron chi connectivity index (χ0n) is 10.6. The maximum atomic E-state index is 11.6. The summed E-state index contributed by atoms with van der Waals surface area (Å²) in [6, 6.07) is 2.97. The minimum atomic E-state index is -1.05. The Morgan fingerprint density at radius 1 is 1.47 bits per heavy atom. The van der Waals surface area contributed by atoms with E-state index in [9.17, 15) is 9.59 Å². The molecule has 0 saturated carbocycles. The Kier molecular flexibility index (Phi) is 3.59. The lowest BCUT2D eigenvalue weighted by Crippen LogP contribution is -2.38. The first kappa shape index (κ1) is 13.2. The van der Waals surface area contributed by atoms with E-state index in [0.29, 0.717) is 11.3 Å². The van der Waals surface area contributed by atoms with Gasteiger partial charge in [0, 0.05) is 5.56 Å². The number of hydrogen-bond acceptors (Lipinski definition) is 5. The normalized spacial score (nSPS) is 16.8. The van der Waals surface area contributed by atoms with E-state index in [2.05, 4.69) is 0 Å². The molecule has 0 radical (unpaired) electrons. The number of rotatable bonds is 3. The van der Waals surface area contributed by atoms with Gasteiger partial charge in [-0.25, -0.2) is 9.59 Å². The minimum Gasteiger partial charge on any atom is -0.485 e. The van der Waals surface area contributed by atoms with Crippen LogP contribution in [-0.4, -0.2) is 36.4 Å². The Morgan fingerprint density at radius 3 is 2.84 bits per heavy atom. The topological polar surface area (TPSA) is 82.1 Å². The summed E-state index contributed by atoms with van der Waals surface area (Å²) in [7, 11) is 0. The third-order valence-electron chi connectivity index (χ3n) is 2.80. The molecule has 1 N–H and O–H groups in total. The Balaban J connectivity index is 2.30. The molecule has 1 aromatic rings. The first-order valence-electron chi connectivity index (χ1n) is 5.87. The Bertz CT molecular complexity index is 522. The van der Waals surface area contributed by atoms with Crippen LogP contribution in [-0.2, 0) is 9.53 Å². The monoisotopic (exact) mass is 266 g/mol. The molecule has 1 aromatic carbocycles. The molecule has 0 saturated heterocycles. The van der Waals surface area contributed by atoms with Crippen LogP contribution in [0, 0.1) is 6.92 Å². The highest BCUT2D eigenvalue weighted by Crippen LogP contribution is 2.37. The largest absolute Gasteiger partial charge is 0.485 e. The van der Waals surface area contributed by atoms with Crippen LogP contribution in [0.15, 0.2) is 12.1 Å². The average Bonchev–Trinajstić information content (AvgIpc) is 2.38. The van der Waals surface area contributed by atoms with E-state index in [1.165, 1.54) is 12.1 Å². The lowest BCUT2D eigenvalue weighted by molar-refractivity contribution is -0.153. The van der Waals surface area contributed by atoms with Gasteiger partial charge in [0.25, 0.3) is 0 Å². The fourth-order valence-corrected chi connectivity index (χ4v) is 1.85. The molecule has 6 nitrogen and oxygen atoms in total. The van der Waals surface area contributed by atoms with Gasteiger partial charge in [-0.05, 0) is 26.0 Å². The average molecular weight is 266 g/mol. The molecule has 102 valence electrons. The predicted octanol–water partition coefficient (Wildman–Crippen LogP) is 1.40. The number of aromatic carboxylic acids is 1. The van der Waals surface area contributed by atoms with Gasteiger partial charge in [-0.3, -0.25) is 0 Å². The summed E-state index contributed by atoms with van der Waals surface area (Å²) in [5, 5.41) is 9.04. The van der Waals surface area contributed by atoms with Gasteiger partial charge in [0.2, 0.25) is 6.10 Å². The first-order chi connectivity index (χ1) is 9.04. The van der Waals surface area contributed by atoms with E-state index in [1.807, 2.05) is 0 Å². The molecule has 0 aliphatic carbocycles. The van der Waals surface area contributed by atoms with E-state index < -0.39 is 18.0 Å². The third kappa shape index (κ3) is 2.47. The highest BCUT2D eigenvalue weighted by Gasteiger charge is 2.30. The Labute approximate surface area is 109 Å². The smallest absolute Gasteiger partial charge is 0.350 e. The Hall–Kier alpha value is -2.24. The van der Waals surface area contributed by atoms with Gasteiger partial charge >= 0.3 is 11.9 Å². The van der Waals surface area contributed by atoms with Gasteiger partial charge < -0.3 is 19.3 Å². The molecule has 0 spiro atoms. The van der Waals surface area contributed by atoms with E-state index in [-0.39, 0.29) is 24.5 Å². The first-order valence-corrected chi connectivity index (χ1v) is 5.87. The lowest BCUT2D eigenvalue weighted by Gasteiger charge is -2.26. The van der Waals surface area contributed by atoms with Crippen LogP contribution in [0.25, 0.3) is 0 Å². The zero-order valence-corrected chi connectivity index (χ0v) is 10.6. The second kappa shape index (κ2) is 5.17. The number of carbonyl (C=O) groups is 2. The van der Waals surface area contributed by atoms with Crippen molar-refractivity contribution >= 4 is 11.9 Å². The fraction of sp³-hybridized carbons (Fsp3) is 0.385.